The molecule has 0 bridgehead atoms. The fourth-order valence-corrected chi connectivity index (χ4v) is 4.47. The number of carbonyl (C=O) groups excluding carboxylic acids is 1. The van der Waals surface area contributed by atoms with Crippen molar-refractivity contribution in [2.75, 3.05) is 13.1 Å². The van der Waals surface area contributed by atoms with Crippen LogP contribution in [0.2, 0.25) is 0 Å². The summed E-state index contributed by atoms with van der Waals surface area (Å²) in [6.07, 6.45) is 4.01. The van der Waals surface area contributed by atoms with Crippen molar-refractivity contribution in [3.05, 3.63) is 78.0 Å². The molecular formula is C26H25N7O. The van der Waals surface area contributed by atoms with Crippen LogP contribution in [0.3, 0.4) is 0 Å². The van der Waals surface area contributed by atoms with Gasteiger partial charge in [0, 0.05) is 36.8 Å². The fourth-order valence-electron chi connectivity index (χ4n) is 4.47. The Balaban J connectivity index is 1.45. The van der Waals surface area contributed by atoms with Crippen LogP contribution in [-0.4, -0.2) is 44.5 Å². The molecule has 1 fully saturated rings. The highest BCUT2D eigenvalue weighted by Gasteiger charge is 2.20. The summed E-state index contributed by atoms with van der Waals surface area (Å²) in [5.41, 5.74) is 11.1. The Morgan fingerprint density at radius 3 is 2.44 bits per heavy atom. The molecule has 0 spiro atoms. The Kier molecular flexibility index (Phi) is 5.93. The number of piperidine rings is 1. The minimum Gasteiger partial charge on any atom is -0.364 e. The molecule has 4 aromatic rings. The summed E-state index contributed by atoms with van der Waals surface area (Å²) >= 11 is 0. The average Bonchev–Trinajstić information content (AvgIpc) is 3.25. The van der Waals surface area contributed by atoms with Crippen LogP contribution in [0.25, 0.3) is 28.2 Å². The van der Waals surface area contributed by atoms with Crippen LogP contribution in [-0.2, 0) is 6.54 Å². The van der Waals surface area contributed by atoms with E-state index in [2.05, 4.69) is 45.8 Å². The first-order valence-electron chi connectivity index (χ1n) is 11.3. The van der Waals surface area contributed by atoms with Crippen molar-refractivity contribution in [3.8, 4) is 28.7 Å². The standard InChI is InChI=1S/C26H25N7O/c27-17-29-21-12-14-32(15-13-21)16-18-6-8-19(9-7-18)24-25(20-4-2-1-3-5-20)33-23(30-24)11-10-22(31-33)26(28)34/h1-11,21,29H,12-16H2,(H2,28,34). The van der Waals surface area contributed by atoms with E-state index in [1.807, 2.05) is 30.3 Å². The molecule has 0 aliphatic carbocycles. The van der Waals surface area contributed by atoms with E-state index in [-0.39, 0.29) is 5.69 Å². The van der Waals surface area contributed by atoms with Crippen LogP contribution in [0.1, 0.15) is 28.9 Å². The first-order chi connectivity index (χ1) is 16.6. The zero-order valence-electron chi connectivity index (χ0n) is 18.7. The van der Waals surface area contributed by atoms with E-state index in [1.165, 1.54) is 5.56 Å². The molecule has 1 aliphatic rings. The van der Waals surface area contributed by atoms with Gasteiger partial charge in [0.05, 0.1) is 5.69 Å². The number of nitrogens with one attached hydrogen (secondary N) is 1. The van der Waals surface area contributed by atoms with Crippen molar-refractivity contribution in [1.82, 2.24) is 24.8 Å². The maximum absolute atomic E-state index is 11.7. The molecule has 0 atom stereocenters. The highest BCUT2D eigenvalue weighted by Crippen LogP contribution is 2.32. The smallest absolute Gasteiger partial charge is 0.269 e. The number of nitrogens with zero attached hydrogens (tertiary/aromatic N) is 5. The third kappa shape index (κ3) is 4.34. The lowest BCUT2D eigenvalue weighted by Gasteiger charge is -2.31. The van der Waals surface area contributed by atoms with Crippen molar-refractivity contribution in [3.63, 3.8) is 0 Å². The van der Waals surface area contributed by atoms with Crippen molar-refractivity contribution in [1.29, 1.82) is 5.26 Å². The quantitative estimate of drug-likeness (QED) is 0.344. The first kappa shape index (κ1) is 21.6. The summed E-state index contributed by atoms with van der Waals surface area (Å²) in [4.78, 5) is 19.0. The zero-order chi connectivity index (χ0) is 23.5. The van der Waals surface area contributed by atoms with Gasteiger partial charge >= 0.3 is 0 Å². The number of nitrogens with two attached hydrogens (primary N) is 1. The summed E-state index contributed by atoms with van der Waals surface area (Å²) in [5.74, 6) is -0.576. The number of rotatable bonds is 6. The van der Waals surface area contributed by atoms with Crippen LogP contribution in [0.5, 0.6) is 0 Å². The van der Waals surface area contributed by atoms with Crippen molar-refractivity contribution >= 4 is 11.6 Å². The van der Waals surface area contributed by atoms with Gasteiger partial charge in [-0.3, -0.25) is 9.69 Å². The molecule has 3 heterocycles. The number of hydrogen-bond acceptors (Lipinski definition) is 6. The molecule has 2 aromatic heterocycles. The van der Waals surface area contributed by atoms with Gasteiger partial charge in [0.25, 0.3) is 5.91 Å². The molecule has 0 unspecified atom stereocenters. The average molecular weight is 452 g/mol. The SMILES string of the molecule is N#CNC1CCN(Cc2ccc(-c3nc4ccc(C(N)=O)nn4c3-c3ccccc3)cc2)CC1. The van der Waals surface area contributed by atoms with E-state index in [1.54, 1.807) is 16.6 Å². The zero-order valence-corrected chi connectivity index (χ0v) is 18.7. The van der Waals surface area contributed by atoms with E-state index in [0.717, 1.165) is 55.0 Å². The van der Waals surface area contributed by atoms with E-state index in [9.17, 15) is 4.79 Å². The largest absolute Gasteiger partial charge is 0.364 e. The molecule has 8 nitrogen and oxygen atoms in total. The molecule has 3 N–H and O–H groups in total. The second-order valence-electron chi connectivity index (χ2n) is 8.53. The first-order valence-corrected chi connectivity index (χ1v) is 11.3. The Morgan fingerprint density at radius 2 is 1.76 bits per heavy atom. The molecule has 8 heteroatoms. The number of carbonyl (C=O) groups is 1. The topological polar surface area (TPSA) is 112 Å². The third-order valence-corrected chi connectivity index (χ3v) is 6.27. The molecule has 1 amide bonds. The molecule has 170 valence electrons. The Labute approximate surface area is 197 Å². The number of imidazole rings is 1. The van der Waals surface area contributed by atoms with Gasteiger partial charge < -0.3 is 11.1 Å². The number of amides is 1. The summed E-state index contributed by atoms with van der Waals surface area (Å²) in [5, 5.41) is 16.1. The molecule has 34 heavy (non-hydrogen) atoms. The van der Waals surface area contributed by atoms with Gasteiger partial charge in [-0.15, -0.1) is 0 Å². The number of hydrogen-bond donors (Lipinski definition) is 2. The van der Waals surface area contributed by atoms with Crippen molar-refractivity contribution < 1.29 is 4.79 Å². The molecule has 5 rings (SSSR count). The molecule has 1 saturated heterocycles. The normalized spacial score (nSPS) is 14.7. The van der Waals surface area contributed by atoms with E-state index in [0.29, 0.717) is 11.7 Å². The van der Waals surface area contributed by atoms with Gasteiger partial charge in [-0.2, -0.15) is 10.4 Å². The maximum atomic E-state index is 11.7. The second-order valence-corrected chi connectivity index (χ2v) is 8.53. The van der Waals surface area contributed by atoms with Crippen molar-refractivity contribution in [2.24, 2.45) is 5.73 Å². The van der Waals surface area contributed by atoms with Crippen LogP contribution >= 0.6 is 0 Å². The van der Waals surface area contributed by atoms with E-state index in [4.69, 9.17) is 16.0 Å². The third-order valence-electron chi connectivity index (χ3n) is 6.27. The van der Waals surface area contributed by atoms with Gasteiger partial charge in [0.2, 0.25) is 0 Å². The minimum absolute atomic E-state index is 0.192. The lowest BCUT2D eigenvalue weighted by Crippen LogP contribution is -2.40. The Morgan fingerprint density at radius 1 is 1.03 bits per heavy atom. The monoisotopic (exact) mass is 451 g/mol. The number of likely N-dealkylation sites (tertiary alicyclic amines) is 1. The lowest BCUT2D eigenvalue weighted by molar-refractivity contribution is 0.0994. The van der Waals surface area contributed by atoms with Gasteiger partial charge in [-0.25, -0.2) is 9.50 Å². The van der Waals surface area contributed by atoms with Gasteiger partial charge in [-0.05, 0) is 30.5 Å². The number of nitriles is 1. The number of primary amides is 1. The lowest BCUT2D eigenvalue weighted by atomic mass is 10.0. The maximum Gasteiger partial charge on any atom is 0.269 e. The summed E-state index contributed by atoms with van der Waals surface area (Å²) in [6, 6.07) is 22.0. The number of fused-ring (bicyclic) bond motifs is 1. The fraction of sp³-hybridized carbons (Fsp3) is 0.231. The molecule has 0 radical (unpaired) electrons. The second kappa shape index (κ2) is 9.33. The highest BCUT2D eigenvalue weighted by atomic mass is 16.1. The van der Waals surface area contributed by atoms with Crippen molar-refractivity contribution in [2.45, 2.75) is 25.4 Å². The minimum atomic E-state index is -0.576. The summed E-state index contributed by atoms with van der Waals surface area (Å²) in [6.45, 7) is 2.82. The number of aromatic nitrogens is 3. The van der Waals surface area contributed by atoms with Gasteiger partial charge in [0.1, 0.15) is 11.4 Å². The Bertz CT molecular complexity index is 1350. The molecular weight excluding hydrogens is 426 g/mol. The summed E-state index contributed by atoms with van der Waals surface area (Å²) in [7, 11) is 0. The van der Waals surface area contributed by atoms with E-state index < -0.39 is 5.91 Å². The van der Waals surface area contributed by atoms with Gasteiger partial charge in [-0.1, -0.05) is 54.6 Å². The molecule has 1 aliphatic heterocycles. The van der Waals surface area contributed by atoms with Crippen LogP contribution < -0.4 is 11.1 Å². The molecule has 0 saturated carbocycles. The number of benzene rings is 2. The van der Waals surface area contributed by atoms with Crippen LogP contribution in [0.4, 0.5) is 0 Å². The van der Waals surface area contributed by atoms with Crippen LogP contribution in [0, 0.1) is 11.5 Å². The predicted molar refractivity (Wildman–Crippen MR) is 129 cm³/mol. The Hall–Kier alpha value is -4.22. The molecule has 2 aromatic carbocycles. The van der Waals surface area contributed by atoms with Gasteiger partial charge in [0.15, 0.2) is 11.8 Å². The highest BCUT2D eigenvalue weighted by molar-refractivity contribution is 5.91. The summed E-state index contributed by atoms with van der Waals surface area (Å²) < 4.78 is 1.69. The van der Waals surface area contributed by atoms with Crippen LogP contribution in [0.15, 0.2) is 66.7 Å². The van der Waals surface area contributed by atoms with E-state index >= 15 is 0 Å². The predicted octanol–water partition coefficient (Wildman–Crippen LogP) is 3.20.